The molecule has 0 saturated heterocycles. The van der Waals surface area contributed by atoms with Gasteiger partial charge in [-0.05, 0) is 30.7 Å². The van der Waals surface area contributed by atoms with Crippen LogP contribution in [0.1, 0.15) is 18.5 Å². The van der Waals surface area contributed by atoms with E-state index in [0.29, 0.717) is 10.7 Å². The Balaban J connectivity index is 0.00000121. The van der Waals surface area contributed by atoms with Gasteiger partial charge in [-0.15, -0.1) is 12.4 Å². The average molecular weight is 207 g/mol. The maximum absolute atomic E-state index is 5.75. The summed E-state index contributed by atoms with van der Waals surface area (Å²) in [7, 11) is 0. The van der Waals surface area contributed by atoms with E-state index in [9.17, 15) is 0 Å². The van der Waals surface area contributed by atoms with Crippen molar-refractivity contribution in [3.63, 3.8) is 0 Å². The van der Waals surface area contributed by atoms with Crippen LogP contribution in [0.15, 0.2) is 18.2 Å². The second-order valence-electron chi connectivity index (χ2n) is 2.56. The highest BCUT2D eigenvalue weighted by Gasteiger charge is 2.03. The summed E-state index contributed by atoms with van der Waals surface area (Å²) < 4.78 is 0. The Kier molecular flexibility index (Phi) is 4.39. The Morgan fingerprint density at radius 3 is 2.42 bits per heavy atom. The summed E-state index contributed by atoms with van der Waals surface area (Å²) in [6, 6.07) is 5.25. The molecule has 0 amide bonds. The first-order valence-corrected chi connectivity index (χ1v) is 3.79. The van der Waals surface area contributed by atoms with Gasteiger partial charge in [0, 0.05) is 16.8 Å². The van der Waals surface area contributed by atoms with Crippen LogP contribution in [-0.2, 0) is 0 Å². The molecule has 1 rings (SSSR count). The molecule has 0 bridgehead atoms. The summed E-state index contributed by atoms with van der Waals surface area (Å²) in [5, 5.41) is 0.673. The highest BCUT2D eigenvalue weighted by Crippen LogP contribution is 2.22. The Morgan fingerprint density at radius 1 is 1.42 bits per heavy atom. The average Bonchev–Trinajstić information content (AvgIpc) is 1.94. The summed E-state index contributed by atoms with van der Waals surface area (Å²) in [6.45, 7) is 1.88. The zero-order valence-corrected chi connectivity index (χ0v) is 8.32. The molecule has 0 radical (unpaired) electrons. The van der Waals surface area contributed by atoms with Crippen molar-refractivity contribution in [3.8, 4) is 0 Å². The predicted octanol–water partition coefficient (Wildman–Crippen LogP) is 2.36. The summed E-state index contributed by atoms with van der Waals surface area (Å²) >= 11 is 5.75. The number of nitrogen functional groups attached to an aromatic ring is 1. The molecule has 68 valence electrons. The van der Waals surface area contributed by atoms with Gasteiger partial charge in [-0.1, -0.05) is 11.6 Å². The van der Waals surface area contributed by atoms with Crippen LogP contribution in [0.4, 0.5) is 5.69 Å². The summed E-state index contributed by atoms with van der Waals surface area (Å²) in [6.07, 6.45) is 0. The van der Waals surface area contributed by atoms with Gasteiger partial charge < -0.3 is 11.5 Å². The zero-order valence-electron chi connectivity index (χ0n) is 6.75. The molecule has 1 atom stereocenters. The predicted molar refractivity (Wildman–Crippen MR) is 55.7 cm³/mol. The Morgan fingerprint density at radius 2 is 2.00 bits per heavy atom. The molecule has 12 heavy (non-hydrogen) atoms. The van der Waals surface area contributed by atoms with Crippen LogP contribution in [0.5, 0.6) is 0 Å². The monoisotopic (exact) mass is 206 g/mol. The fourth-order valence-electron chi connectivity index (χ4n) is 0.940. The lowest BCUT2D eigenvalue weighted by Crippen LogP contribution is -2.07. The number of hydrogen-bond acceptors (Lipinski definition) is 2. The van der Waals surface area contributed by atoms with Gasteiger partial charge in [0.25, 0.3) is 0 Å². The number of hydrogen-bond donors (Lipinski definition) is 2. The van der Waals surface area contributed by atoms with Crippen molar-refractivity contribution >= 4 is 29.7 Å². The molecule has 0 heterocycles. The molecule has 0 aliphatic rings. The number of benzene rings is 1. The first kappa shape index (κ1) is 11.6. The molecule has 2 nitrogen and oxygen atoms in total. The van der Waals surface area contributed by atoms with Gasteiger partial charge in [-0.2, -0.15) is 0 Å². The van der Waals surface area contributed by atoms with E-state index in [2.05, 4.69) is 0 Å². The number of rotatable bonds is 1. The quantitative estimate of drug-likeness (QED) is 0.694. The first-order valence-electron chi connectivity index (χ1n) is 3.42. The molecule has 0 spiro atoms. The minimum absolute atomic E-state index is 0. The summed E-state index contributed by atoms with van der Waals surface area (Å²) in [5.41, 5.74) is 12.9. The van der Waals surface area contributed by atoms with Crippen molar-refractivity contribution in [2.45, 2.75) is 13.0 Å². The van der Waals surface area contributed by atoms with E-state index < -0.39 is 0 Å². The van der Waals surface area contributed by atoms with Gasteiger partial charge in [0.15, 0.2) is 0 Å². The molecule has 0 saturated carbocycles. The highest BCUT2D eigenvalue weighted by molar-refractivity contribution is 6.30. The molecule has 0 aliphatic heterocycles. The van der Waals surface area contributed by atoms with Crippen LogP contribution in [-0.4, -0.2) is 0 Å². The second kappa shape index (κ2) is 4.55. The van der Waals surface area contributed by atoms with E-state index in [1.54, 1.807) is 18.2 Å². The fourth-order valence-corrected chi connectivity index (χ4v) is 1.12. The maximum Gasteiger partial charge on any atom is 0.0410 e. The largest absolute Gasteiger partial charge is 0.398 e. The first-order chi connectivity index (χ1) is 5.11. The molecular weight excluding hydrogens is 195 g/mol. The molecular formula is C8H12Cl2N2. The van der Waals surface area contributed by atoms with E-state index >= 15 is 0 Å². The minimum Gasteiger partial charge on any atom is -0.398 e. The van der Waals surface area contributed by atoms with E-state index in [1.807, 2.05) is 6.92 Å². The zero-order chi connectivity index (χ0) is 8.43. The highest BCUT2D eigenvalue weighted by atomic mass is 35.5. The van der Waals surface area contributed by atoms with Crippen molar-refractivity contribution < 1.29 is 0 Å². The van der Waals surface area contributed by atoms with Crippen molar-refractivity contribution in [2.75, 3.05) is 5.73 Å². The lowest BCUT2D eigenvalue weighted by atomic mass is 10.1. The summed E-state index contributed by atoms with van der Waals surface area (Å²) in [5.74, 6) is 0. The Bertz CT molecular complexity index is 261. The smallest absolute Gasteiger partial charge is 0.0410 e. The molecule has 0 fully saturated rings. The van der Waals surface area contributed by atoms with E-state index in [1.165, 1.54) is 0 Å². The van der Waals surface area contributed by atoms with Crippen LogP contribution in [0.25, 0.3) is 0 Å². The minimum atomic E-state index is -0.0614. The van der Waals surface area contributed by atoms with Gasteiger partial charge in [0.1, 0.15) is 0 Å². The van der Waals surface area contributed by atoms with Gasteiger partial charge >= 0.3 is 0 Å². The van der Waals surface area contributed by atoms with Crippen molar-refractivity contribution in [1.82, 2.24) is 0 Å². The lowest BCUT2D eigenvalue weighted by Gasteiger charge is -2.08. The van der Waals surface area contributed by atoms with E-state index in [0.717, 1.165) is 5.56 Å². The van der Waals surface area contributed by atoms with E-state index in [4.69, 9.17) is 23.1 Å². The molecule has 4 heteroatoms. The van der Waals surface area contributed by atoms with E-state index in [-0.39, 0.29) is 18.4 Å². The topological polar surface area (TPSA) is 52.0 Å². The molecule has 0 aliphatic carbocycles. The molecule has 1 aromatic rings. The Labute approximate surface area is 83.3 Å². The summed E-state index contributed by atoms with van der Waals surface area (Å²) in [4.78, 5) is 0. The lowest BCUT2D eigenvalue weighted by molar-refractivity contribution is 0.821. The molecule has 4 N–H and O–H groups in total. The third-order valence-electron chi connectivity index (χ3n) is 1.54. The van der Waals surface area contributed by atoms with Crippen molar-refractivity contribution in [2.24, 2.45) is 5.73 Å². The fraction of sp³-hybridized carbons (Fsp3) is 0.250. The number of nitrogens with two attached hydrogens (primary N) is 2. The number of halogens is 2. The van der Waals surface area contributed by atoms with Gasteiger partial charge in [-0.3, -0.25) is 0 Å². The normalized spacial score (nSPS) is 11.9. The third-order valence-corrected chi connectivity index (χ3v) is 1.77. The maximum atomic E-state index is 5.75. The van der Waals surface area contributed by atoms with Gasteiger partial charge in [-0.25, -0.2) is 0 Å². The molecule has 0 aromatic heterocycles. The Hall–Kier alpha value is -0.440. The standard InChI is InChI=1S/C8H11ClN2.ClH/c1-5(10)7-4-6(9)2-3-8(7)11;/h2-5H,10-11H2,1H3;1H/t5-;/m0./s1. The van der Waals surface area contributed by atoms with Gasteiger partial charge in [0.2, 0.25) is 0 Å². The van der Waals surface area contributed by atoms with Crippen LogP contribution < -0.4 is 11.5 Å². The molecule has 0 unspecified atom stereocenters. The molecule has 1 aromatic carbocycles. The van der Waals surface area contributed by atoms with Crippen LogP contribution in [0, 0.1) is 0 Å². The van der Waals surface area contributed by atoms with Crippen LogP contribution in [0.2, 0.25) is 5.02 Å². The van der Waals surface area contributed by atoms with Crippen LogP contribution >= 0.6 is 24.0 Å². The third kappa shape index (κ3) is 2.55. The second-order valence-corrected chi connectivity index (χ2v) is 3.00. The van der Waals surface area contributed by atoms with Crippen molar-refractivity contribution in [1.29, 1.82) is 0 Å². The van der Waals surface area contributed by atoms with Crippen LogP contribution in [0.3, 0.4) is 0 Å². The van der Waals surface area contributed by atoms with Gasteiger partial charge in [0.05, 0.1) is 0 Å². The number of anilines is 1. The van der Waals surface area contributed by atoms with Crippen molar-refractivity contribution in [3.05, 3.63) is 28.8 Å². The SMILES string of the molecule is C[C@H](N)c1cc(Cl)ccc1N.Cl.